The van der Waals surface area contributed by atoms with Gasteiger partial charge in [-0.05, 0) is 68.5 Å². The Balaban J connectivity index is 1.90. The molecule has 2 rings (SSSR count). The molecule has 0 saturated heterocycles. The van der Waals surface area contributed by atoms with E-state index in [2.05, 4.69) is 75.5 Å². The van der Waals surface area contributed by atoms with Gasteiger partial charge in [-0.25, -0.2) is 0 Å². The maximum absolute atomic E-state index is 3.62. The quantitative estimate of drug-likeness (QED) is 0.840. The van der Waals surface area contributed by atoms with E-state index in [1.165, 1.54) is 27.8 Å². The highest BCUT2D eigenvalue weighted by molar-refractivity contribution is 5.31. The molecule has 0 saturated carbocycles. The summed E-state index contributed by atoms with van der Waals surface area (Å²) < 4.78 is 0. The van der Waals surface area contributed by atoms with E-state index < -0.39 is 0 Å². The zero-order chi connectivity index (χ0) is 14.5. The van der Waals surface area contributed by atoms with E-state index in [4.69, 9.17) is 0 Å². The summed E-state index contributed by atoms with van der Waals surface area (Å²) in [5.74, 6) is 0. The molecule has 2 aromatic carbocycles. The molecule has 0 heterocycles. The Kier molecular flexibility index (Phi) is 4.97. The Morgan fingerprint density at radius 1 is 0.900 bits per heavy atom. The van der Waals surface area contributed by atoms with E-state index in [1.54, 1.807) is 0 Å². The zero-order valence-electron chi connectivity index (χ0n) is 13.0. The van der Waals surface area contributed by atoms with Crippen molar-refractivity contribution in [2.45, 2.75) is 40.2 Å². The first-order valence-corrected chi connectivity index (χ1v) is 7.43. The average Bonchev–Trinajstić information content (AvgIpc) is 2.44. The van der Waals surface area contributed by atoms with Crippen LogP contribution in [0, 0.1) is 20.8 Å². The second-order valence-corrected chi connectivity index (χ2v) is 5.70. The van der Waals surface area contributed by atoms with E-state index in [0.717, 1.165) is 13.0 Å². The molecule has 0 amide bonds. The number of nitrogens with one attached hydrogen (secondary N) is 1. The van der Waals surface area contributed by atoms with Gasteiger partial charge in [0.15, 0.2) is 0 Å². The normalized spacial score (nSPS) is 12.4. The van der Waals surface area contributed by atoms with Crippen molar-refractivity contribution in [1.29, 1.82) is 0 Å². The Bertz CT molecular complexity index is 572. The molecular formula is C19H25N. The van der Waals surface area contributed by atoms with Crippen molar-refractivity contribution >= 4 is 0 Å². The van der Waals surface area contributed by atoms with Crippen LogP contribution < -0.4 is 5.32 Å². The molecule has 0 aliphatic heterocycles. The maximum Gasteiger partial charge on any atom is 0.0292 e. The van der Waals surface area contributed by atoms with Crippen molar-refractivity contribution in [3.63, 3.8) is 0 Å². The van der Waals surface area contributed by atoms with Crippen molar-refractivity contribution in [2.24, 2.45) is 0 Å². The molecule has 0 radical (unpaired) electrons. The lowest BCUT2D eigenvalue weighted by Gasteiger charge is -2.16. The van der Waals surface area contributed by atoms with E-state index in [-0.39, 0.29) is 0 Å². The summed E-state index contributed by atoms with van der Waals surface area (Å²) in [6.07, 6.45) is 1.09. The van der Waals surface area contributed by atoms with Crippen molar-refractivity contribution in [1.82, 2.24) is 5.32 Å². The summed E-state index contributed by atoms with van der Waals surface area (Å²) in [6.45, 7) is 9.78. The molecule has 1 atom stereocenters. The van der Waals surface area contributed by atoms with Gasteiger partial charge in [-0.3, -0.25) is 0 Å². The van der Waals surface area contributed by atoms with Crippen LogP contribution >= 0.6 is 0 Å². The number of aryl methyl sites for hydroxylation is 3. The highest BCUT2D eigenvalue weighted by atomic mass is 14.9. The van der Waals surface area contributed by atoms with Crippen LogP contribution in [0.15, 0.2) is 42.5 Å². The Morgan fingerprint density at radius 3 is 2.35 bits per heavy atom. The second kappa shape index (κ2) is 6.71. The van der Waals surface area contributed by atoms with E-state index >= 15 is 0 Å². The van der Waals surface area contributed by atoms with Gasteiger partial charge >= 0.3 is 0 Å². The Labute approximate surface area is 123 Å². The Morgan fingerprint density at radius 2 is 1.65 bits per heavy atom. The van der Waals surface area contributed by atoms with Gasteiger partial charge in [0.1, 0.15) is 0 Å². The minimum atomic E-state index is 0.401. The molecule has 20 heavy (non-hydrogen) atoms. The van der Waals surface area contributed by atoms with Crippen molar-refractivity contribution in [3.8, 4) is 0 Å². The Hall–Kier alpha value is -1.60. The molecule has 1 nitrogen and oxygen atoms in total. The van der Waals surface area contributed by atoms with E-state index in [9.17, 15) is 0 Å². The van der Waals surface area contributed by atoms with E-state index in [0.29, 0.717) is 6.04 Å². The first kappa shape index (κ1) is 14.8. The van der Waals surface area contributed by atoms with Crippen LogP contribution in [0.4, 0.5) is 0 Å². The fraction of sp³-hybridized carbons (Fsp3) is 0.368. The molecule has 0 aliphatic carbocycles. The van der Waals surface area contributed by atoms with Crippen LogP contribution in [0.1, 0.15) is 40.8 Å². The third-order valence-corrected chi connectivity index (χ3v) is 4.14. The smallest absolute Gasteiger partial charge is 0.0292 e. The van der Waals surface area contributed by atoms with Crippen molar-refractivity contribution < 1.29 is 0 Å². The molecule has 106 valence electrons. The molecule has 0 spiro atoms. The summed E-state index contributed by atoms with van der Waals surface area (Å²) in [6, 6.07) is 15.8. The van der Waals surface area contributed by atoms with Crippen LogP contribution in [0.3, 0.4) is 0 Å². The summed E-state index contributed by atoms with van der Waals surface area (Å²) in [5.41, 5.74) is 6.93. The highest BCUT2D eigenvalue weighted by Crippen LogP contribution is 2.17. The lowest BCUT2D eigenvalue weighted by atomic mass is 10.0. The molecule has 1 heteroatoms. The van der Waals surface area contributed by atoms with Gasteiger partial charge in [-0.15, -0.1) is 0 Å². The number of hydrogen-bond acceptors (Lipinski definition) is 1. The van der Waals surface area contributed by atoms with Gasteiger partial charge in [-0.1, -0.05) is 42.5 Å². The van der Waals surface area contributed by atoms with Crippen LogP contribution in [-0.4, -0.2) is 6.54 Å². The topological polar surface area (TPSA) is 12.0 Å². The van der Waals surface area contributed by atoms with Crippen LogP contribution in [-0.2, 0) is 6.42 Å². The van der Waals surface area contributed by atoms with Crippen molar-refractivity contribution in [2.75, 3.05) is 6.54 Å². The number of benzene rings is 2. The predicted octanol–water partition coefficient (Wildman–Crippen LogP) is 4.51. The van der Waals surface area contributed by atoms with E-state index in [1.807, 2.05) is 0 Å². The molecule has 2 aromatic rings. The predicted molar refractivity (Wildman–Crippen MR) is 87.2 cm³/mol. The van der Waals surface area contributed by atoms with Crippen LogP contribution in [0.25, 0.3) is 0 Å². The van der Waals surface area contributed by atoms with Gasteiger partial charge in [0, 0.05) is 6.04 Å². The van der Waals surface area contributed by atoms with Gasteiger partial charge in [0.2, 0.25) is 0 Å². The first-order valence-electron chi connectivity index (χ1n) is 7.43. The maximum atomic E-state index is 3.62. The first-order chi connectivity index (χ1) is 9.58. The molecule has 1 N–H and O–H groups in total. The largest absolute Gasteiger partial charge is 0.310 e. The number of rotatable bonds is 5. The van der Waals surface area contributed by atoms with Crippen LogP contribution in [0.5, 0.6) is 0 Å². The zero-order valence-corrected chi connectivity index (χ0v) is 13.0. The number of hydrogen-bond donors (Lipinski definition) is 1. The minimum absolute atomic E-state index is 0.401. The monoisotopic (exact) mass is 267 g/mol. The van der Waals surface area contributed by atoms with Gasteiger partial charge in [0.25, 0.3) is 0 Å². The molecular weight excluding hydrogens is 242 g/mol. The minimum Gasteiger partial charge on any atom is -0.310 e. The molecule has 0 aliphatic rings. The lowest BCUT2D eigenvalue weighted by molar-refractivity contribution is 0.576. The van der Waals surface area contributed by atoms with Gasteiger partial charge in [0.05, 0.1) is 0 Å². The SMILES string of the molecule is Cc1ccc(C(C)NCCc2ccccc2C)cc1C. The lowest BCUT2D eigenvalue weighted by Crippen LogP contribution is -2.21. The van der Waals surface area contributed by atoms with Gasteiger partial charge < -0.3 is 5.32 Å². The summed E-state index contributed by atoms with van der Waals surface area (Å²) in [5, 5.41) is 3.62. The second-order valence-electron chi connectivity index (χ2n) is 5.70. The molecule has 1 unspecified atom stereocenters. The third-order valence-electron chi connectivity index (χ3n) is 4.14. The molecule has 0 aromatic heterocycles. The average molecular weight is 267 g/mol. The third kappa shape index (κ3) is 3.71. The highest BCUT2D eigenvalue weighted by Gasteiger charge is 2.06. The fourth-order valence-corrected chi connectivity index (χ4v) is 2.47. The summed E-state index contributed by atoms with van der Waals surface area (Å²) in [7, 11) is 0. The summed E-state index contributed by atoms with van der Waals surface area (Å²) in [4.78, 5) is 0. The standard InChI is InChI=1S/C19H25N/c1-14-9-10-19(13-16(14)3)17(4)20-12-11-18-8-6-5-7-15(18)2/h5-10,13,17,20H,11-12H2,1-4H3. The van der Waals surface area contributed by atoms with Crippen LogP contribution in [0.2, 0.25) is 0 Å². The summed E-state index contributed by atoms with van der Waals surface area (Å²) >= 11 is 0. The van der Waals surface area contributed by atoms with Crippen molar-refractivity contribution in [3.05, 3.63) is 70.3 Å². The van der Waals surface area contributed by atoms with Gasteiger partial charge in [-0.2, -0.15) is 0 Å². The molecule has 0 bridgehead atoms. The molecule has 0 fully saturated rings. The fourth-order valence-electron chi connectivity index (χ4n) is 2.47.